The van der Waals surface area contributed by atoms with Crippen LogP contribution in [0.2, 0.25) is 0 Å². The molecule has 0 aromatic rings. The highest BCUT2D eigenvalue weighted by Gasteiger charge is 2.86. The highest BCUT2D eigenvalue weighted by Crippen LogP contribution is 2.92. The molecule has 2 spiro atoms. The van der Waals surface area contributed by atoms with Crippen molar-refractivity contribution in [3.8, 4) is 0 Å². The Morgan fingerprint density at radius 3 is 1.60 bits per heavy atom. The second-order valence-corrected chi connectivity index (χ2v) is 22.7. The lowest BCUT2D eigenvalue weighted by Gasteiger charge is -2.68. The van der Waals surface area contributed by atoms with Crippen LogP contribution in [0.5, 0.6) is 0 Å². The van der Waals surface area contributed by atoms with E-state index in [9.17, 15) is 0 Å². The van der Waals surface area contributed by atoms with E-state index in [-0.39, 0.29) is 0 Å². The summed E-state index contributed by atoms with van der Waals surface area (Å²) in [5, 5.41) is 0. The third-order valence-electron chi connectivity index (χ3n) is 22.5. The number of hydrogen-bond acceptors (Lipinski definition) is 0. The van der Waals surface area contributed by atoms with Gasteiger partial charge in [0.15, 0.2) is 0 Å². The summed E-state index contributed by atoms with van der Waals surface area (Å²) < 4.78 is 0. The van der Waals surface area contributed by atoms with Gasteiger partial charge in [-0.15, -0.1) is 0 Å². The first kappa shape index (κ1) is 28.6. The molecule has 0 N–H and O–H groups in total. The second-order valence-electron chi connectivity index (χ2n) is 22.7. The third kappa shape index (κ3) is 3.39. The Morgan fingerprint density at radius 2 is 0.830 bits per heavy atom. The fourth-order valence-electron chi connectivity index (χ4n) is 22.7. The van der Waals surface area contributed by atoms with Gasteiger partial charge in [0.25, 0.3) is 0 Å². The van der Waals surface area contributed by atoms with Gasteiger partial charge < -0.3 is 0 Å². The molecule has 21 unspecified atom stereocenters. The summed E-state index contributed by atoms with van der Waals surface area (Å²) in [5.74, 6) is 23.5. The normalized spacial score (nSPS) is 66.9. The van der Waals surface area contributed by atoms with Crippen LogP contribution >= 0.6 is 0 Å². The van der Waals surface area contributed by atoms with Gasteiger partial charge in [-0.3, -0.25) is 0 Å². The Hall–Kier alpha value is 0. The molecular weight excluding hydrogens is 565 g/mol. The molecule has 0 radical (unpaired) electrons. The minimum atomic E-state index is 0.857. The molecule has 13 aliphatic carbocycles. The Kier molecular flexibility index (Phi) is 6.02. The maximum atomic E-state index is 1.76. The molecule has 47 heavy (non-hydrogen) atoms. The molecular formula is C47H70. The van der Waals surface area contributed by atoms with Gasteiger partial charge in [0.2, 0.25) is 0 Å². The number of rotatable bonds is 0. The van der Waals surface area contributed by atoms with Crippen LogP contribution in [-0.2, 0) is 0 Å². The van der Waals surface area contributed by atoms with Gasteiger partial charge in [0.1, 0.15) is 0 Å². The number of fused-ring (bicyclic) bond motifs is 9. The summed E-state index contributed by atoms with van der Waals surface area (Å²) in [5.41, 5.74) is 1.71. The van der Waals surface area contributed by atoms with E-state index in [1.165, 1.54) is 82.9 Å². The smallest absolute Gasteiger partial charge is 0.0170 e. The maximum Gasteiger partial charge on any atom is -0.0170 e. The second kappa shape index (κ2) is 9.90. The minimum Gasteiger partial charge on any atom is -0.0530 e. The molecule has 13 rings (SSSR count). The quantitative estimate of drug-likeness (QED) is 0.249. The van der Waals surface area contributed by atoms with Crippen molar-refractivity contribution in [1.29, 1.82) is 0 Å². The molecule has 258 valence electrons. The first-order chi connectivity index (χ1) is 23.3. The summed E-state index contributed by atoms with van der Waals surface area (Å²) in [6, 6.07) is 0. The van der Waals surface area contributed by atoms with Crippen molar-refractivity contribution >= 4 is 0 Å². The van der Waals surface area contributed by atoms with Crippen LogP contribution in [0.1, 0.15) is 161 Å². The van der Waals surface area contributed by atoms with Gasteiger partial charge in [0.05, 0.1) is 0 Å². The molecule has 0 bridgehead atoms. The van der Waals surface area contributed by atoms with Crippen molar-refractivity contribution in [2.45, 2.75) is 161 Å². The molecule has 0 saturated heterocycles. The van der Waals surface area contributed by atoms with Crippen molar-refractivity contribution in [2.75, 3.05) is 0 Å². The number of hydrogen-bond donors (Lipinski definition) is 0. The van der Waals surface area contributed by atoms with Gasteiger partial charge in [-0.05, 0) is 213 Å². The molecule has 13 aliphatic rings. The van der Waals surface area contributed by atoms with Crippen LogP contribution in [0.15, 0.2) is 0 Å². The summed E-state index contributed by atoms with van der Waals surface area (Å²) >= 11 is 0. The van der Waals surface area contributed by atoms with Gasteiger partial charge in [-0.2, -0.15) is 0 Å². The highest BCUT2D eigenvalue weighted by molar-refractivity contribution is 5.34. The van der Waals surface area contributed by atoms with E-state index >= 15 is 0 Å². The first-order valence-corrected chi connectivity index (χ1v) is 23.3. The first-order valence-electron chi connectivity index (χ1n) is 23.3. The van der Waals surface area contributed by atoms with Gasteiger partial charge in [-0.1, -0.05) is 77.0 Å². The standard InChI is InChI=1S/C47H70/c1-2-13-32-28(9-1)25-46-19-3-4-20-47(46)38-24-31-23-30-22-29-21-27-12-5-10-26-11-6-14-33(39(26)27)40(29)34-15-7-16-35(41(30)34)42(31)36-17-8-18-37(43(36)38)44(32)45(46)47/h26-45H,1-25H2/t26?,27?,28?,29?,30?,31?,32?,33?,34?,35?,36?,37?,38?,39?,40?,41?,42?,43?,44?,45?,46?,47-/m1/s1. The monoisotopic (exact) mass is 635 g/mol. The average Bonchev–Trinajstić information content (AvgIpc) is 3.74. The van der Waals surface area contributed by atoms with Crippen LogP contribution in [0, 0.1) is 129 Å². The lowest BCUT2D eigenvalue weighted by Crippen LogP contribution is -2.62. The van der Waals surface area contributed by atoms with E-state index in [1.54, 1.807) is 161 Å². The van der Waals surface area contributed by atoms with Crippen LogP contribution in [0.4, 0.5) is 0 Å². The molecule has 0 aliphatic heterocycles. The molecule has 13 fully saturated rings. The lowest BCUT2D eigenvalue weighted by molar-refractivity contribution is -0.201. The predicted octanol–water partition coefficient (Wildman–Crippen LogP) is 12.2. The van der Waals surface area contributed by atoms with Crippen LogP contribution < -0.4 is 0 Å². The zero-order chi connectivity index (χ0) is 30.2. The lowest BCUT2D eigenvalue weighted by atomic mass is 9.36. The Morgan fingerprint density at radius 1 is 0.319 bits per heavy atom. The minimum absolute atomic E-state index is 0.857. The van der Waals surface area contributed by atoms with E-state index in [4.69, 9.17) is 0 Å². The molecule has 22 atom stereocenters. The van der Waals surface area contributed by atoms with Crippen molar-refractivity contribution in [3.63, 3.8) is 0 Å². The summed E-state index contributed by atoms with van der Waals surface area (Å²) in [6.45, 7) is 0. The third-order valence-corrected chi connectivity index (χ3v) is 22.5. The van der Waals surface area contributed by atoms with Crippen molar-refractivity contribution in [3.05, 3.63) is 0 Å². The fourth-order valence-corrected chi connectivity index (χ4v) is 22.7. The van der Waals surface area contributed by atoms with E-state index in [0.717, 1.165) is 46.3 Å². The average molecular weight is 635 g/mol. The Bertz CT molecular complexity index is 1280. The van der Waals surface area contributed by atoms with E-state index in [1.807, 2.05) is 0 Å². The predicted molar refractivity (Wildman–Crippen MR) is 190 cm³/mol. The Labute approximate surface area is 288 Å². The topological polar surface area (TPSA) is 0 Å². The van der Waals surface area contributed by atoms with Gasteiger partial charge in [-0.25, -0.2) is 0 Å². The molecule has 0 nitrogen and oxygen atoms in total. The molecule has 0 amide bonds. The SMILES string of the molecule is C1CCC2C(C1)CC13CCCC[C@]14C1CC5CC6CC7CC8CCCC9CCCC(C98)C7C7CCCC(C67)C5C5CCCC(C51)C2C34. The van der Waals surface area contributed by atoms with Crippen LogP contribution in [-0.4, -0.2) is 0 Å². The fraction of sp³-hybridized carbons (Fsp3) is 1.00. The van der Waals surface area contributed by atoms with Gasteiger partial charge in [0, 0.05) is 0 Å². The molecule has 13 saturated carbocycles. The zero-order valence-corrected chi connectivity index (χ0v) is 30.2. The van der Waals surface area contributed by atoms with E-state index in [0.29, 0.717) is 0 Å². The van der Waals surface area contributed by atoms with Crippen LogP contribution in [0.25, 0.3) is 0 Å². The summed E-state index contributed by atoms with van der Waals surface area (Å²) in [6.07, 6.45) is 41.5. The van der Waals surface area contributed by atoms with Crippen molar-refractivity contribution < 1.29 is 0 Å². The van der Waals surface area contributed by atoms with Crippen molar-refractivity contribution in [1.82, 2.24) is 0 Å². The maximum absolute atomic E-state index is 1.76. The zero-order valence-electron chi connectivity index (χ0n) is 30.2. The summed E-state index contributed by atoms with van der Waals surface area (Å²) in [7, 11) is 0. The van der Waals surface area contributed by atoms with Crippen molar-refractivity contribution in [2.24, 2.45) is 129 Å². The van der Waals surface area contributed by atoms with E-state index in [2.05, 4.69) is 0 Å². The van der Waals surface area contributed by atoms with Crippen LogP contribution in [0.3, 0.4) is 0 Å². The highest BCUT2D eigenvalue weighted by atomic mass is 14.9. The Balaban J connectivity index is 0.885. The molecule has 0 aromatic carbocycles. The molecule has 0 heteroatoms. The molecule has 0 aromatic heterocycles. The molecule has 0 heterocycles. The van der Waals surface area contributed by atoms with Gasteiger partial charge >= 0.3 is 0 Å². The van der Waals surface area contributed by atoms with E-state index < -0.39 is 0 Å². The largest absolute Gasteiger partial charge is 0.0530 e. The summed E-state index contributed by atoms with van der Waals surface area (Å²) in [4.78, 5) is 0.